The van der Waals surface area contributed by atoms with Gasteiger partial charge >= 0.3 is 0 Å². The number of piperidine rings is 1. The van der Waals surface area contributed by atoms with E-state index in [1.54, 1.807) is 33.1 Å². The summed E-state index contributed by atoms with van der Waals surface area (Å²) in [4.78, 5) is 43.5. The molecule has 0 radical (unpaired) electrons. The van der Waals surface area contributed by atoms with Gasteiger partial charge in [-0.1, -0.05) is 49.6 Å². The monoisotopic (exact) mass is 629 g/mol. The zero-order valence-corrected chi connectivity index (χ0v) is 27.5. The van der Waals surface area contributed by atoms with Crippen molar-refractivity contribution in [3.63, 3.8) is 0 Å². The highest BCUT2D eigenvalue weighted by atomic mass is 32.2. The molecule has 9 nitrogen and oxygen atoms in total. The number of hydrogen-bond donors (Lipinski definition) is 1. The molecule has 1 aromatic heterocycles. The first-order chi connectivity index (χ1) is 21.6. The predicted molar refractivity (Wildman–Crippen MR) is 178 cm³/mol. The Labute approximate surface area is 268 Å². The summed E-state index contributed by atoms with van der Waals surface area (Å²) in [7, 11) is 6.86. The number of carbonyl (C=O) groups excluding carboxylic acids is 3. The van der Waals surface area contributed by atoms with Gasteiger partial charge < -0.3 is 14.4 Å². The molecule has 0 bridgehead atoms. The Morgan fingerprint density at radius 1 is 0.911 bits per heavy atom. The van der Waals surface area contributed by atoms with Crippen LogP contribution in [-0.2, 0) is 27.3 Å². The molecule has 1 atom stereocenters. The van der Waals surface area contributed by atoms with E-state index in [1.165, 1.54) is 29.1 Å². The summed E-state index contributed by atoms with van der Waals surface area (Å²) in [5.41, 5.74) is 6.54. The number of amides is 3. The first kappa shape index (κ1) is 31.2. The second kappa shape index (κ2) is 12.9. The minimum absolute atomic E-state index is 0.00949. The molecule has 0 spiro atoms. The van der Waals surface area contributed by atoms with Crippen LogP contribution in [0.4, 0.5) is 0 Å². The van der Waals surface area contributed by atoms with E-state index in [0.29, 0.717) is 49.5 Å². The van der Waals surface area contributed by atoms with Gasteiger partial charge in [-0.3, -0.25) is 19.1 Å². The molecule has 45 heavy (non-hydrogen) atoms. The highest BCUT2D eigenvalue weighted by Gasteiger charge is 2.33. The standard InChI is InChI=1S/C35H43N5O4S/c1-37(2)34(42)24-16-18-39(19-17-24)35(43)27-20-25-12-8-9-13-28(25)32-31(23-10-6-5-7-11-23)29-15-14-26(21-30(29)40(32)22-27)33(41)36-45(44)38(3)4/h8-9,12-15,20-21,23-24H,5-7,10-11,16-19,22H2,1-4H3,(H,36,41). The zero-order chi connectivity index (χ0) is 31.8. The van der Waals surface area contributed by atoms with E-state index < -0.39 is 17.1 Å². The van der Waals surface area contributed by atoms with Crippen LogP contribution in [0.15, 0.2) is 48.0 Å². The fraction of sp³-hybridized carbons (Fsp3) is 0.457. The van der Waals surface area contributed by atoms with Gasteiger partial charge in [-0.25, -0.2) is 8.51 Å². The van der Waals surface area contributed by atoms with Gasteiger partial charge in [0.25, 0.3) is 11.8 Å². The highest BCUT2D eigenvalue weighted by Crippen LogP contribution is 2.46. The molecule has 238 valence electrons. The van der Waals surface area contributed by atoms with Gasteiger partial charge in [-0.05, 0) is 60.9 Å². The van der Waals surface area contributed by atoms with Gasteiger partial charge in [0.2, 0.25) is 5.91 Å². The number of carbonyl (C=O) groups is 3. The molecule has 1 aliphatic carbocycles. The Hall–Kier alpha value is -3.76. The normalized spacial score (nSPS) is 18.2. The van der Waals surface area contributed by atoms with Crippen molar-refractivity contribution in [3.05, 3.63) is 64.7 Å². The summed E-state index contributed by atoms with van der Waals surface area (Å²) in [6.45, 7) is 1.46. The molecular weight excluding hydrogens is 586 g/mol. The fourth-order valence-electron chi connectivity index (χ4n) is 7.28. The van der Waals surface area contributed by atoms with Crippen molar-refractivity contribution in [2.24, 2.45) is 5.92 Å². The third-order valence-electron chi connectivity index (χ3n) is 9.61. The lowest BCUT2D eigenvalue weighted by atomic mass is 9.81. The average molecular weight is 630 g/mol. The third kappa shape index (κ3) is 6.10. The van der Waals surface area contributed by atoms with E-state index in [4.69, 9.17) is 0 Å². The van der Waals surface area contributed by atoms with Gasteiger partial charge in [-0.2, -0.15) is 0 Å². The SMILES string of the molecule is CN(C)C(=O)C1CCN(C(=O)C2=Cc3ccccc3-c3c(C4CCCCC4)c4ccc(C(=O)NS(=O)N(C)C)cc4n3C2)CC1. The molecule has 2 fully saturated rings. The minimum atomic E-state index is -1.65. The molecular formula is C35H43N5O4S. The van der Waals surface area contributed by atoms with E-state index in [9.17, 15) is 18.6 Å². The predicted octanol–water partition coefficient (Wildman–Crippen LogP) is 4.95. The van der Waals surface area contributed by atoms with Crippen LogP contribution in [0, 0.1) is 5.92 Å². The molecule has 2 aromatic carbocycles. The van der Waals surface area contributed by atoms with E-state index in [0.717, 1.165) is 40.6 Å². The van der Waals surface area contributed by atoms with Gasteiger partial charge in [0, 0.05) is 74.8 Å². The second-order valence-electron chi connectivity index (χ2n) is 13.0. The van der Waals surface area contributed by atoms with Crippen molar-refractivity contribution in [3.8, 4) is 11.3 Å². The maximum absolute atomic E-state index is 14.2. The van der Waals surface area contributed by atoms with Crippen LogP contribution in [0.3, 0.4) is 0 Å². The molecule has 3 aliphatic rings. The van der Waals surface area contributed by atoms with E-state index in [2.05, 4.69) is 21.4 Å². The van der Waals surface area contributed by atoms with Gasteiger partial charge in [0.1, 0.15) is 0 Å². The number of nitrogens with zero attached hydrogens (tertiary/aromatic N) is 4. The fourth-order valence-corrected chi connectivity index (χ4v) is 7.73. The van der Waals surface area contributed by atoms with Crippen LogP contribution in [0.5, 0.6) is 0 Å². The van der Waals surface area contributed by atoms with Gasteiger partial charge in [0.15, 0.2) is 11.2 Å². The first-order valence-corrected chi connectivity index (χ1v) is 17.1. The number of aromatic nitrogens is 1. The number of benzene rings is 2. The molecule has 10 heteroatoms. The Balaban J connectivity index is 1.44. The van der Waals surface area contributed by atoms with Crippen molar-refractivity contribution in [1.82, 2.24) is 23.4 Å². The van der Waals surface area contributed by atoms with Crippen molar-refractivity contribution in [2.45, 2.75) is 57.4 Å². The summed E-state index contributed by atoms with van der Waals surface area (Å²) in [5, 5.41) is 1.11. The lowest BCUT2D eigenvalue weighted by molar-refractivity contribution is -0.137. The lowest BCUT2D eigenvalue weighted by Crippen LogP contribution is -2.43. The molecule has 1 N–H and O–H groups in total. The lowest BCUT2D eigenvalue weighted by Gasteiger charge is -2.33. The molecule has 1 saturated carbocycles. The summed E-state index contributed by atoms with van der Waals surface area (Å²) < 4.78 is 18.7. The topological polar surface area (TPSA) is 95.0 Å². The largest absolute Gasteiger partial charge is 0.349 e. The summed E-state index contributed by atoms with van der Waals surface area (Å²) in [6.07, 6.45) is 9.18. The summed E-state index contributed by atoms with van der Waals surface area (Å²) in [6, 6.07) is 14.0. The molecule has 3 amide bonds. The molecule has 3 heterocycles. The number of fused-ring (bicyclic) bond motifs is 5. The van der Waals surface area contributed by atoms with E-state index in [-0.39, 0.29) is 17.7 Å². The van der Waals surface area contributed by atoms with Gasteiger partial charge in [-0.15, -0.1) is 0 Å². The smallest absolute Gasteiger partial charge is 0.264 e. The van der Waals surface area contributed by atoms with E-state index in [1.807, 2.05) is 41.3 Å². The summed E-state index contributed by atoms with van der Waals surface area (Å²) >= 11 is -1.65. The molecule has 1 saturated heterocycles. The third-order valence-corrected chi connectivity index (χ3v) is 10.6. The van der Waals surface area contributed by atoms with Crippen molar-refractivity contribution >= 4 is 45.9 Å². The summed E-state index contributed by atoms with van der Waals surface area (Å²) in [5.74, 6) is 0.0337. The van der Waals surface area contributed by atoms with Crippen molar-refractivity contribution in [1.29, 1.82) is 0 Å². The molecule has 6 rings (SSSR count). The molecule has 1 unspecified atom stereocenters. The van der Waals surface area contributed by atoms with Crippen LogP contribution in [0.25, 0.3) is 28.2 Å². The van der Waals surface area contributed by atoms with Crippen LogP contribution in [0.1, 0.15) is 72.3 Å². The minimum Gasteiger partial charge on any atom is -0.349 e. The Morgan fingerprint density at radius 2 is 1.62 bits per heavy atom. The second-order valence-corrected chi connectivity index (χ2v) is 14.4. The Morgan fingerprint density at radius 3 is 2.31 bits per heavy atom. The Kier molecular flexibility index (Phi) is 8.97. The van der Waals surface area contributed by atoms with E-state index >= 15 is 0 Å². The molecule has 2 aliphatic heterocycles. The molecule has 3 aromatic rings. The number of likely N-dealkylation sites (tertiary alicyclic amines) is 1. The van der Waals surface area contributed by atoms with Crippen molar-refractivity contribution in [2.75, 3.05) is 41.3 Å². The highest BCUT2D eigenvalue weighted by molar-refractivity contribution is 7.81. The van der Waals surface area contributed by atoms with Crippen LogP contribution >= 0.6 is 0 Å². The number of nitrogens with one attached hydrogen (secondary N) is 1. The average Bonchev–Trinajstić information content (AvgIpc) is 3.26. The number of rotatable bonds is 6. The van der Waals surface area contributed by atoms with Crippen molar-refractivity contribution < 1.29 is 18.6 Å². The first-order valence-electron chi connectivity index (χ1n) is 16.0. The maximum Gasteiger partial charge on any atom is 0.264 e. The maximum atomic E-state index is 14.2. The van der Waals surface area contributed by atoms with Crippen LogP contribution in [-0.4, -0.2) is 81.9 Å². The quantitative estimate of drug-likeness (QED) is 0.418. The Bertz CT molecular complexity index is 1690. The zero-order valence-electron chi connectivity index (χ0n) is 26.7. The van der Waals surface area contributed by atoms with Crippen LogP contribution < -0.4 is 4.72 Å². The van der Waals surface area contributed by atoms with Gasteiger partial charge in [0.05, 0.1) is 12.2 Å². The number of hydrogen-bond acceptors (Lipinski definition) is 4. The van der Waals surface area contributed by atoms with Crippen LogP contribution in [0.2, 0.25) is 0 Å².